The van der Waals surface area contributed by atoms with E-state index in [4.69, 9.17) is 0 Å². The number of likely N-dealkylation sites (tertiary alicyclic amines) is 1. The molecule has 3 unspecified atom stereocenters. The normalized spacial score (nSPS) is 30.7. The lowest BCUT2D eigenvalue weighted by atomic mass is 9.91. The number of fused-ring (bicyclic) bond motifs is 2. The average Bonchev–Trinajstić information content (AvgIpc) is 3.08. The van der Waals surface area contributed by atoms with Crippen molar-refractivity contribution >= 4 is 17.8 Å². The highest BCUT2D eigenvalue weighted by Gasteiger charge is 2.55. The van der Waals surface area contributed by atoms with Crippen molar-refractivity contribution in [2.75, 3.05) is 19.6 Å². The fourth-order valence-corrected chi connectivity index (χ4v) is 4.84. The Kier molecular flexibility index (Phi) is 4.01. The van der Waals surface area contributed by atoms with Gasteiger partial charge in [0.05, 0.1) is 0 Å². The van der Waals surface area contributed by atoms with E-state index in [2.05, 4.69) is 19.2 Å². The molecule has 1 N–H and O–H groups in total. The lowest BCUT2D eigenvalue weighted by Gasteiger charge is -2.35. The molecule has 3 atom stereocenters. The fraction of sp³-hybridized carbons (Fsp3) is 0.550. The van der Waals surface area contributed by atoms with Crippen LogP contribution >= 0.6 is 0 Å². The summed E-state index contributed by atoms with van der Waals surface area (Å²) in [4.78, 5) is 41.3. The van der Waals surface area contributed by atoms with Gasteiger partial charge in [0.1, 0.15) is 12.1 Å². The molecule has 4 amide bonds. The highest BCUT2D eigenvalue weighted by atomic mass is 16.2. The first-order chi connectivity index (χ1) is 12.4. The number of urea groups is 1. The number of aryl methyl sites for hydroxylation is 1. The average molecular weight is 355 g/mol. The highest BCUT2D eigenvalue weighted by molar-refractivity contribution is 6.09. The Hall–Kier alpha value is -2.37. The van der Waals surface area contributed by atoms with E-state index in [9.17, 15) is 14.4 Å². The van der Waals surface area contributed by atoms with Crippen LogP contribution < -0.4 is 5.32 Å². The van der Waals surface area contributed by atoms with Crippen molar-refractivity contribution in [3.05, 3.63) is 35.4 Å². The summed E-state index contributed by atoms with van der Waals surface area (Å²) >= 11 is 0. The molecule has 0 bridgehead atoms. The van der Waals surface area contributed by atoms with Crippen molar-refractivity contribution < 1.29 is 14.4 Å². The van der Waals surface area contributed by atoms with E-state index in [0.717, 1.165) is 28.9 Å². The Morgan fingerprint density at radius 1 is 1.19 bits per heavy atom. The van der Waals surface area contributed by atoms with Crippen LogP contribution in [0.1, 0.15) is 37.8 Å². The molecule has 6 nitrogen and oxygen atoms in total. The van der Waals surface area contributed by atoms with Crippen LogP contribution in [0.4, 0.5) is 4.79 Å². The van der Waals surface area contributed by atoms with Gasteiger partial charge < -0.3 is 10.2 Å². The first-order valence-electron chi connectivity index (χ1n) is 9.41. The molecule has 4 rings (SSSR count). The van der Waals surface area contributed by atoms with Crippen molar-refractivity contribution in [2.45, 2.75) is 38.6 Å². The number of rotatable bonds is 2. The smallest absolute Gasteiger partial charge is 0.325 e. The van der Waals surface area contributed by atoms with Gasteiger partial charge in [0.2, 0.25) is 5.91 Å². The van der Waals surface area contributed by atoms with Crippen molar-refractivity contribution in [2.24, 2.45) is 11.8 Å². The van der Waals surface area contributed by atoms with Gasteiger partial charge in [-0.15, -0.1) is 0 Å². The SMILES string of the molecule is CC1CC(C)CN(C(=O)CN2C(=O)NC3(CCc4ccccc43)C2=O)C1. The molecule has 0 saturated carbocycles. The first kappa shape index (κ1) is 17.1. The van der Waals surface area contributed by atoms with Gasteiger partial charge in [-0.1, -0.05) is 38.1 Å². The Morgan fingerprint density at radius 2 is 1.88 bits per heavy atom. The Balaban J connectivity index is 1.53. The van der Waals surface area contributed by atoms with Gasteiger partial charge in [-0.25, -0.2) is 4.79 Å². The van der Waals surface area contributed by atoms with E-state index in [-0.39, 0.29) is 18.4 Å². The number of nitrogens with zero attached hydrogens (tertiary/aromatic N) is 2. The lowest BCUT2D eigenvalue weighted by Crippen LogP contribution is -2.48. The first-order valence-corrected chi connectivity index (χ1v) is 9.41. The summed E-state index contributed by atoms with van der Waals surface area (Å²) in [5.74, 6) is 0.451. The van der Waals surface area contributed by atoms with Crippen molar-refractivity contribution in [1.82, 2.24) is 15.1 Å². The molecular weight excluding hydrogens is 330 g/mol. The quantitative estimate of drug-likeness (QED) is 0.824. The molecule has 0 radical (unpaired) electrons. The number of hydrogen-bond acceptors (Lipinski definition) is 3. The third kappa shape index (κ3) is 2.59. The van der Waals surface area contributed by atoms with Gasteiger partial charge >= 0.3 is 6.03 Å². The van der Waals surface area contributed by atoms with Crippen LogP contribution in [0, 0.1) is 11.8 Å². The van der Waals surface area contributed by atoms with Crippen LogP contribution in [-0.2, 0) is 21.5 Å². The number of piperidine rings is 1. The zero-order chi connectivity index (χ0) is 18.5. The summed E-state index contributed by atoms with van der Waals surface area (Å²) in [6.07, 6.45) is 2.41. The van der Waals surface area contributed by atoms with E-state index in [1.807, 2.05) is 24.3 Å². The number of benzene rings is 1. The van der Waals surface area contributed by atoms with E-state index in [1.165, 1.54) is 0 Å². The number of nitrogens with one attached hydrogen (secondary N) is 1. The second-order valence-electron chi connectivity index (χ2n) is 8.13. The Bertz CT molecular complexity index is 767. The fourth-order valence-electron chi connectivity index (χ4n) is 4.84. The summed E-state index contributed by atoms with van der Waals surface area (Å²) in [5, 5.41) is 2.88. The molecular formula is C20H25N3O3. The van der Waals surface area contributed by atoms with Crippen LogP contribution in [0.2, 0.25) is 0 Å². The Labute approximate surface area is 153 Å². The van der Waals surface area contributed by atoms with Crippen molar-refractivity contribution in [3.8, 4) is 0 Å². The third-order valence-corrected chi connectivity index (χ3v) is 5.94. The minimum Gasteiger partial charge on any atom is -0.341 e. The second-order valence-corrected chi connectivity index (χ2v) is 8.13. The number of amides is 4. The van der Waals surface area contributed by atoms with E-state index in [0.29, 0.717) is 31.3 Å². The van der Waals surface area contributed by atoms with Gasteiger partial charge in [-0.2, -0.15) is 0 Å². The van der Waals surface area contributed by atoms with Crippen LogP contribution in [0.3, 0.4) is 0 Å². The minimum absolute atomic E-state index is 0.143. The molecule has 2 saturated heterocycles. The number of carbonyl (C=O) groups is 3. The molecule has 2 fully saturated rings. The summed E-state index contributed by atoms with van der Waals surface area (Å²) in [6.45, 7) is 5.48. The molecule has 1 aromatic rings. The topological polar surface area (TPSA) is 69.7 Å². The maximum atomic E-state index is 13.1. The van der Waals surface area contributed by atoms with Crippen LogP contribution in [0.15, 0.2) is 24.3 Å². The van der Waals surface area contributed by atoms with E-state index < -0.39 is 11.6 Å². The van der Waals surface area contributed by atoms with E-state index >= 15 is 0 Å². The molecule has 0 aromatic heterocycles. The van der Waals surface area contributed by atoms with Gasteiger partial charge in [0.15, 0.2) is 0 Å². The highest BCUT2D eigenvalue weighted by Crippen LogP contribution is 2.41. The second kappa shape index (κ2) is 6.11. The van der Waals surface area contributed by atoms with Crippen LogP contribution in [-0.4, -0.2) is 47.3 Å². The summed E-state index contributed by atoms with van der Waals surface area (Å²) in [6, 6.07) is 7.26. The molecule has 1 aliphatic carbocycles. The maximum absolute atomic E-state index is 13.1. The third-order valence-electron chi connectivity index (χ3n) is 5.94. The van der Waals surface area contributed by atoms with Crippen molar-refractivity contribution in [1.29, 1.82) is 0 Å². The summed E-state index contributed by atoms with van der Waals surface area (Å²) in [7, 11) is 0. The predicted octanol–water partition coefficient (Wildman–Crippen LogP) is 1.88. The number of imide groups is 1. The summed E-state index contributed by atoms with van der Waals surface area (Å²) in [5.41, 5.74) is 0.970. The van der Waals surface area contributed by atoms with Crippen molar-refractivity contribution in [3.63, 3.8) is 0 Å². The molecule has 26 heavy (non-hydrogen) atoms. The standard InChI is InChI=1S/C20H25N3O3/c1-13-9-14(2)11-22(10-13)17(24)12-23-18(25)20(21-19(23)26)8-7-15-5-3-4-6-16(15)20/h3-6,13-14H,7-12H2,1-2H3,(H,21,26). The van der Waals surface area contributed by atoms with Gasteiger partial charge in [0, 0.05) is 13.1 Å². The number of carbonyl (C=O) groups excluding carboxylic acids is 3. The molecule has 1 spiro atoms. The molecule has 2 heterocycles. The van der Waals surface area contributed by atoms with Gasteiger partial charge in [-0.05, 0) is 42.2 Å². The minimum atomic E-state index is -0.990. The van der Waals surface area contributed by atoms with E-state index in [1.54, 1.807) is 4.90 Å². The molecule has 6 heteroatoms. The summed E-state index contributed by atoms with van der Waals surface area (Å²) < 4.78 is 0. The maximum Gasteiger partial charge on any atom is 0.325 e. The molecule has 3 aliphatic rings. The molecule has 138 valence electrons. The predicted molar refractivity (Wildman–Crippen MR) is 96.2 cm³/mol. The largest absolute Gasteiger partial charge is 0.341 e. The number of hydrogen-bond donors (Lipinski definition) is 1. The van der Waals surface area contributed by atoms with Crippen LogP contribution in [0.5, 0.6) is 0 Å². The molecule has 2 aliphatic heterocycles. The zero-order valence-corrected chi connectivity index (χ0v) is 15.3. The monoisotopic (exact) mass is 355 g/mol. The van der Waals surface area contributed by atoms with Gasteiger partial charge in [-0.3, -0.25) is 14.5 Å². The molecule has 1 aromatic carbocycles. The van der Waals surface area contributed by atoms with Crippen LogP contribution in [0.25, 0.3) is 0 Å². The Morgan fingerprint density at radius 3 is 2.62 bits per heavy atom. The van der Waals surface area contributed by atoms with Gasteiger partial charge in [0.25, 0.3) is 5.91 Å². The lowest BCUT2D eigenvalue weighted by molar-refractivity contribution is -0.140. The zero-order valence-electron chi connectivity index (χ0n) is 15.3.